The maximum Gasteiger partial charge on any atom is 0.119 e. The van der Waals surface area contributed by atoms with Gasteiger partial charge in [0.2, 0.25) is 0 Å². The minimum Gasteiger partial charge on any atom is -0.494 e. The Balaban J connectivity index is 1.46. The Labute approximate surface area is 132 Å². The van der Waals surface area contributed by atoms with Crippen LogP contribution in [-0.2, 0) is 6.42 Å². The van der Waals surface area contributed by atoms with Crippen molar-refractivity contribution in [2.45, 2.75) is 12.8 Å². The summed E-state index contributed by atoms with van der Waals surface area (Å²) in [5.74, 6) is 0.864. The molecule has 0 aliphatic heterocycles. The van der Waals surface area contributed by atoms with Gasteiger partial charge in [0.05, 0.1) is 22.2 Å². The van der Waals surface area contributed by atoms with E-state index in [0.717, 1.165) is 30.0 Å². The predicted octanol–water partition coefficient (Wildman–Crippen LogP) is 4.47. The second-order valence-electron chi connectivity index (χ2n) is 4.62. The predicted molar refractivity (Wildman–Crippen MR) is 90.1 cm³/mol. The highest BCUT2D eigenvalue weighted by Gasteiger charge is 2.05. The van der Waals surface area contributed by atoms with E-state index in [1.54, 1.807) is 22.7 Å². The molecule has 5 heteroatoms. The molecule has 3 aromatic rings. The lowest BCUT2D eigenvalue weighted by atomic mass is 10.3. The van der Waals surface area contributed by atoms with E-state index in [1.807, 2.05) is 24.3 Å². The van der Waals surface area contributed by atoms with Gasteiger partial charge >= 0.3 is 0 Å². The molecule has 0 aliphatic carbocycles. The maximum absolute atomic E-state index is 5.69. The molecule has 0 radical (unpaired) electrons. The third-order valence-electron chi connectivity index (χ3n) is 3.01. The first-order chi connectivity index (χ1) is 10.3. The first kappa shape index (κ1) is 14.1. The quantitative estimate of drug-likeness (QED) is 0.539. The van der Waals surface area contributed by atoms with E-state index in [4.69, 9.17) is 10.5 Å². The first-order valence-electron chi connectivity index (χ1n) is 6.78. The maximum atomic E-state index is 5.69. The molecule has 0 fully saturated rings. The Hall–Kier alpha value is -1.85. The van der Waals surface area contributed by atoms with Gasteiger partial charge in [-0.25, -0.2) is 4.98 Å². The van der Waals surface area contributed by atoms with Crippen LogP contribution in [0.4, 0.5) is 5.69 Å². The number of rotatable bonds is 6. The van der Waals surface area contributed by atoms with Gasteiger partial charge in [0.25, 0.3) is 0 Å². The number of aryl methyl sites for hydroxylation is 1. The lowest BCUT2D eigenvalue weighted by molar-refractivity contribution is 0.311. The van der Waals surface area contributed by atoms with Crippen molar-refractivity contribution in [1.82, 2.24) is 4.98 Å². The van der Waals surface area contributed by atoms with Gasteiger partial charge in [-0.15, -0.1) is 22.7 Å². The molecule has 0 saturated carbocycles. The van der Waals surface area contributed by atoms with E-state index in [9.17, 15) is 0 Å². The van der Waals surface area contributed by atoms with Gasteiger partial charge in [-0.05, 0) is 42.1 Å². The second kappa shape index (κ2) is 6.74. The van der Waals surface area contributed by atoms with Gasteiger partial charge < -0.3 is 10.5 Å². The Kier molecular flexibility index (Phi) is 4.52. The summed E-state index contributed by atoms with van der Waals surface area (Å²) in [6.07, 6.45) is 1.91. The number of anilines is 1. The SMILES string of the molecule is Nc1ccc(OCCCc2nc(-c3cccs3)cs2)cc1. The molecule has 108 valence electrons. The highest BCUT2D eigenvalue weighted by Crippen LogP contribution is 2.26. The van der Waals surface area contributed by atoms with Crippen LogP contribution >= 0.6 is 22.7 Å². The van der Waals surface area contributed by atoms with E-state index in [1.165, 1.54) is 9.88 Å². The van der Waals surface area contributed by atoms with Crippen LogP contribution in [0.25, 0.3) is 10.6 Å². The summed E-state index contributed by atoms with van der Waals surface area (Å²) >= 11 is 3.44. The van der Waals surface area contributed by atoms with Crippen LogP contribution in [0.5, 0.6) is 5.75 Å². The molecule has 0 saturated heterocycles. The molecule has 21 heavy (non-hydrogen) atoms. The Morgan fingerprint density at radius 2 is 1.95 bits per heavy atom. The smallest absolute Gasteiger partial charge is 0.119 e. The molecular formula is C16H16N2OS2. The van der Waals surface area contributed by atoms with Gasteiger partial charge in [-0.2, -0.15) is 0 Å². The van der Waals surface area contributed by atoms with Crippen molar-refractivity contribution in [2.24, 2.45) is 0 Å². The first-order valence-corrected chi connectivity index (χ1v) is 8.54. The van der Waals surface area contributed by atoms with Gasteiger partial charge in [-0.3, -0.25) is 0 Å². The lowest BCUT2D eigenvalue weighted by Crippen LogP contribution is -1.99. The molecule has 0 atom stereocenters. The number of benzene rings is 1. The van der Waals surface area contributed by atoms with E-state index >= 15 is 0 Å². The van der Waals surface area contributed by atoms with Crippen molar-refractivity contribution in [3.05, 3.63) is 52.2 Å². The van der Waals surface area contributed by atoms with Crippen LogP contribution in [0.3, 0.4) is 0 Å². The summed E-state index contributed by atoms with van der Waals surface area (Å²) < 4.78 is 5.69. The van der Waals surface area contributed by atoms with E-state index in [0.29, 0.717) is 6.61 Å². The summed E-state index contributed by atoms with van der Waals surface area (Å²) in [6, 6.07) is 11.7. The summed E-state index contributed by atoms with van der Waals surface area (Å²) in [5, 5.41) is 5.37. The van der Waals surface area contributed by atoms with Crippen LogP contribution < -0.4 is 10.5 Å². The zero-order valence-electron chi connectivity index (χ0n) is 11.5. The van der Waals surface area contributed by atoms with E-state index < -0.39 is 0 Å². The van der Waals surface area contributed by atoms with Gasteiger partial charge in [0.1, 0.15) is 5.75 Å². The highest BCUT2D eigenvalue weighted by atomic mass is 32.1. The number of hydrogen-bond donors (Lipinski definition) is 1. The second-order valence-corrected chi connectivity index (χ2v) is 6.52. The van der Waals surface area contributed by atoms with Crippen molar-refractivity contribution in [1.29, 1.82) is 0 Å². The summed E-state index contributed by atoms with van der Waals surface area (Å²) in [5.41, 5.74) is 7.48. The molecule has 0 amide bonds. The average molecular weight is 316 g/mol. The third-order valence-corrected chi connectivity index (χ3v) is 4.81. The third kappa shape index (κ3) is 3.83. The number of aromatic nitrogens is 1. The van der Waals surface area contributed by atoms with E-state index in [-0.39, 0.29) is 0 Å². The van der Waals surface area contributed by atoms with Crippen LogP contribution in [-0.4, -0.2) is 11.6 Å². The number of hydrogen-bond acceptors (Lipinski definition) is 5. The number of nitrogen functional groups attached to an aromatic ring is 1. The number of nitrogens with zero attached hydrogens (tertiary/aromatic N) is 1. The lowest BCUT2D eigenvalue weighted by Gasteiger charge is -2.05. The molecule has 0 unspecified atom stereocenters. The Morgan fingerprint density at radius 3 is 2.71 bits per heavy atom. The minimum atomic E-state index is 0.692. The molecule has 1 aromatic carbocycles. The minimum absolute atomic E-state index is 0.692. The van der Waals surface area contributed by atoms with Crippen molar-refractivity contribution in [2.75, 3.05) is 12.3 Å². The van der Waals surface area contributed by atoms with Crippen molar-refractivity contribution in [3.63, 3.8) is 0 Å². The summed E-state index contributed by atoms with van der Waals surface area (Å²) in [4.78, 5) is 5.90. The van der Waals surface area contributed by atoms with Crippen LogP contribution in [0.2, 0.25) is 0 Å². The fourth-order valence-electron chi connectivity index (χ4n) is 1.94. The molecular weight excluding hydrogens is 300 g/mol. The zero-order chi connectivity index (χ0) is 14.5. The number of nitrogens with two attached hydrogens (primary N) is 1. The number of thiophene rings is 1. The molecule has 3 rings (SSSR count). The summed E-state index contributed by atoms with van der Waals surface area (Å²) in [7, 11) is 0. The standard InChI is InChI=1S/C16H16N2OS2/c17-12-5-7-13(8-6-12)19-9-1-4-16-18-14(11-21-16)15-3-2-10-20-15/h2-3,5-8,10-11H,1,4,9,17H2. The molecule has 2 heterocycles. The van der Waals surface area contributed by atoms with Crippen molar-refractivity contribution in [3.8, 4) is 16.3 Å². The largest absolute Gasteiger partial charge is 0.494 e. The van der Waals surface area contributed by atoms with Gasteiger partial charge in [0, 0.05) is 17.5 Å². The molecule has 0 bridgehead atoms. The van der Waals surface area contributed by atoms with Crippen LogP contribution in [0.15, 0.2) is 47.2 Å². The monoisotopic (exact) mass is 316 g/mol. The Morgan fingerprint density at radius 1 is 1.10 bits per heavy atom. The normalized spacial score (nSPS) is 10.7. The van der Waals surface area contributed by atoms with Crippen molar-refractivity contribution >= 4 is 28.4 Å². The zero-order valence-corrected chi connectivity index (χ0v) is 13.1. The Bertz CT molecular complexity index is 675. The summed E-state index contributed by atoms with van der Waals surface area (Å²) in [6.45, 7) is 0.692. The van der Waals surface area contributed by atoms with Crippen molar-refractivity contribution < 1.29 is 4.74 Å². The molecule has 0 aliphatic rings. The molecule has 2 aromatic heterocycles. The fourth-order valence-corrected chi connectivity index (χ4v) is 3.54. The molecule has 3 nitrogen and oxygen atoms in total. The molecule has 0 spiro atoms. The van der Waals surface area contributed by atoms with Gasteiger partial charge in [0.15, 0.2) is 0 Å². The topological polar surface area (TPSA) is 48.1 Å². The van der Waals surface area contributed by atoms with Crippen LogP contribution in [0.1, 0.15) is 11.4 Å². The van der Waals surface area contributed by atoms with Gasteiger partial charge in [-0.1, -0.05) is 6.07 Å². The van der Waals surface area contributed by atoms with E-state index in [2.05, 4.69) is 27.9 Å². The number of ether oxygens (including phenoxy) is 1. The van der Waals surface area contributed by atoms with Crippen LogP contribution in [0, 0.1) is 0 Å². The number of thiazole rings is 1. The molecule has 2 N–H and O–H groups in total. The fraction of sp³-hybridized carbons (Fsp3) is 0.188. The average Bonchev–Trinajstić information content (AvgIpc) is 3.16. The highest BCUT2D eigenvalue weighted by molar-refractivity contribution is 7.14.